The highest BCUT2D eigenvalue weighted by Gasteiger charge is 2.23. The van der Waals surface area contributed by atoms with Crippen molar-refractivity contribution in [1.29, 1.82) is 5.26 Å². The minimum Gasteiger partial charge on any atom is -0.318 e. The zero-order valence-electron chi connectivity index (χ0n) is 32.5. The van der Waals surface area contributed by atoms with Crippen molar-refractivity contribution in [2.75, 3.05) is 0 Å². The Morgan fingerprint density at radius 3 is 1.55 bits per heavy atom. The van der Waals surface area contributed by atoms with E-state index in [0.29, 0.717) is 16.9 Å². The molecule has 2 heterocycles. The number of hydrogen-bond donors (Lipinski definition) is 0. The fourth-order valence-electron chi connectivity index (χ4n) is 8.60. The molecule has 0 atom stereocenters. The Bertz CT molecular complexity index is 3280. The number of nitrogens with zero attached hydrogens (tertiary/aromatic N) is 4. The molecule has 0 aliphatic heterocycles. The van der Waals surface area contributed by atoms with Crippen LogP contribution in [0.1, 0.15) is 31.9 Å². The standard InChI is InChI=1S/C54H38N4/c1-54(2,3)42-23-27-50-47(33-42)46-29-37(35-14-8-5-9-15-35)22-26-49(46)58(50)53-41(34-55)28-40(30-48(53)56-4)39-21-25-45-44-24-20-38(36-16-10-6-11-17-36)31-51(44)57(52(45)32-39)43-18-12-7-13-19-43/h5-33H,1-3H3. The third-order valence-electron chi connectivity index (χ3n) is 11.5. The first kappa shape index (κ1) is 34.8. The van der Waals surface area contributed by atoms with Gasteiger partial charge in [0.2, 0.25) is 5.69 Å². The molecule has 4 nitrogen and oxygen atoms in total. The van der Waals surface area contributed by atoms with Crippen LogP contribution >= 0.6 is 0 Å². The summed E-state index contributed by atoms with van der Waals surface area (Å²) in [6.45, 7) is 15.2. The maximum Gasteiger partial charge on any atom is 0.212 e. The summed E-state index contributed by atoms with van der Waals surface area (Å²) in [7, 11) is 0. The van der Waals surface area contributed by atoms with Gasteiger partial charge in [-0.2, -0.15) is 5.26 Å². The van der Waals surface area contributed by atoms with Gasteiger partial charge in [-0.3, -0.25) is 0 Å². The van der Waals surface area contributed by atoms with Crippen LogP contribution in [-0.4, -0.2) is 9.13 Å². The Hall–Kier alpha value is -7.66. The average Bonchev–Trinajstić information content (AvgIpc) is 3.77. The van der Waals surface area contributed by atoms with Crippen molar-refractivity contribution in [3.8, 4) is 50.8 Å². The van der Waals surface area contributed by atoms with Gasteiger partial charge >= 0.3 is 0 Å². The molecule has 0 radical (unpaired) electrons. The quantitative estimate of drug-likeness (QED) is 0.162. The van der Waals surface area contributed by atoms with Crippen molar-refractivity contribution < 1.29 is 0 Å². The van der Waals surface area contributed by atoms with E-state index in [4.69, 9.17) is 6.57 Å². The van der Waals surface area contributed by atoms with Crippen LogP contribution < -0.4 is 0 Å². The van der Waals surface area contributed by atoms with Gasteiger partial charge in [0.15, 0.2) is 0 Å². The molecule has 8 aromatic carbocycles. The summed E-state index contributed by atoms with van der Waals surface area (Å²) >= 11 is 0. The monoisotopic (exact) mass is 742 g/mol. The van der Waals surface area contributed by atoms with E-state index in [1.54, 1.807) is 0 Å². The molecule has 2 aromatic heterocycles. The summed E-state index contributed by atoms with van der Waals surface area (Å²) in [4.78, 5) is 4.13. The highest BCUT2D eigenvalue weighted by atomic mass is 15.0. The number of aromatic nitrogens is 2. The van der Waals surface area contributed by atoms with Gasteiger partial charge in [-0.15, -0.1) is 0 Å². The van der Waals surface area contributed by atoms with E-state index < -0.39 is 0 Å². The van der Waals surface area contributed by atoms with Crippen molar-refractivity contribution in [3.63, 3.8) is 0 Å². The van der Waals surface area contributed by atoms with E-state index in [-0.39, 0.29) is 5.41 Å². The zero-order valence-corrected chi connectivity index (χ0v) is 32.5. The molecular weight excluding hydrogens is 705 g/mol. The van der Waals surface area contributed by atoms with E-state index in [1.165, 1.54) is 11.1 Å². The lowest BCUT2D eigenvalue weighted by molar-refractivity contribution is 0.591. The summed E-state index contributed by atoms with van der Waals surface area (Å²) in [5.41, 5.74) is 14.2. The van der Waals surface area contributed by atoms with Gasteiger partial charge in [0.25, 0.3) is 0 Å². The topological polar surface area (TPSA) is 38.0 Å². The highest BCUT2D eigenvalue weighted by Crippen LogP contribution is 2.43. The molecule has 0 spiro atoms. The summed E-state index contributed by atoms with van der Waals surface area (Å²) < 4.78 is 4.45. The lowest BCUT2D eigenvalue weighted by atomic mass is 9.86. The van der Waals surface area contributed by atoms with Crippen LogP contribution in [0.15, 0.2) is 176 Å². The van der Waals surface area contributed by atoms with E-state index in [0.717, 1.165) is 77.1 Å². The molecular formula is C54H38N4. The molecule has 0 saturated heterocycles. The summed E-state index contributed by atoms with van der Waals surface area (Å²) in [5, 5.41) is 15.4. The third-order valence-corrected chi connectivity index (χ3v) is 11.5. The van der Waals surface area contributed by atoms with Crippen LogP contribution in [0.3, 0.4) is 0 Å². The van der Waals surface area contributed by atoms with Crippen molar-refractivity contribution in [2.45, 2.75) is 26.2 Å². The molecule has 0 amide bonds. The van der Waals surface area contributed by atoms with Gasteiger partial charge in [0.1, 0.15) is 0 Å². The summed E-state index contributed by atoms with van der Waals surface area (Å²) in [5.74, 6) is 0. The fourth-order valence-corrected chi connectivity index (χ4v) is 8.60. The van der Waals surface area contributed by atoms with E-state index in [2.05, 4.69) is 186 Å². The molecule has 0 N–H and O–H groups in total. The smallest absolute Gasteiger partial charge is 0.212 e. The lowest BCUT2D eigenvalue weighted by Gasteiger charge is -2.19. The highest BCUT2D eigenvalue weighted by molar-refractivity contribution is 6.13. The zero-order chi connectivity index (χ0) is 39.5. The van der Waals surface area contributed by atoms with Gasteiger partial charge in [0, 0.05) is 27.2 Å². The minimum atomic E-state index is -0.0573. The van der Waals surface area contributed by atoms with Crippen LogP contribution in [0.25, 0.3) is 93.2 Å². The van der Waals surface area contributed by atoms with E-state index in [9.17, 15) is 5.26 Å². The normalized spacial score (nSPS) is 11.7. The second-order valence-corrected chi connectivity index (χ2v) is 16.0. The molecule has 4 heteroatoms. The van der Waals surface area contributed by atoms with Crippen molar-refractivity contribution in [1.82, 2.24) is 9.13 Å². The molecule has 10 aromatic rings. The average molecular weight is 743 g/mol. The molecule has 0 bridgehead atoms. The molecule has 0 aliphatic rings. The molecule has 274 valence electrons. The summed E-state index contributed by atoms with van der Waals surface area (Å²) in [6.07, 6.45) is 0. The molecule has 58 heavy (non-hydrogen) atoms. The van der Waals surface area contributed by atoms with Gasteiger partial charge < -0.3 is 9.13 Å². The van der Waals surface area contributed by atoms with Crippen LogP contribution in [0.2, 0.25) is 0 Å². The molecule has 0 aliphatic carbocycles. The maximum atomic E-state index is 10.9. The Labute approximate surface area is 337 Å². The van der Waals surface area contributed by atoms with Crippen LogP contribution in [-0.2, 0) is 5.41 Å². The van der Waals surface area contributed by atoms with Crippen molar-refractivity contribution in [3.05, 3.63) is 198 Å². The number of rotatable bonds is 5. The first-order valence-corrected chi connectivity index (χ1v) is 19.6. The van der Waals surface area contributed by atoms with Gasteiger partial charge in [-0.05, 0) is 105 Å². The largest absolute Gasteiger partial charge is 0.318 e. The predicted octanol–water partition coefficient (Wildman–Crippen LogP) is 14.6. The number of hydrogen-bond acceptors (Lipinski definition) is 1. The molecule has 0 fully saturated rings. The van der Waals surface area contributed by atoms with Gasteiger partial charge in [0.05, 0.1) is 46.0 Å². The molecule has 0 saturated carbocycles. The summed E-state index contributed by atoms with van der Waals surface area (Å²) in [6, 6.07) is 64.1. The Kier molecular flexibility index (Phi) is 8.11. The fraction of sp³-hybridized carbons (Fsp3) is 0.0741. The minimum absolute atomic E-state index is 0.0573. The van der Waals surface area contributed by atoms with Crippen LogP contribution in [0.5, 0.6) is 0 Å². The molecule has 0 unspecified atom stereocenters. The first-order valence-electron chi connectivity index (χ1n) is 19.6. The Morgan fingerprint density at radius 2 is 0.983 bits per heavy atom. The van der Waals surface area contributed by atoms with Crippen LogP contribution in [0.4, 0.5) is 5.69 Å². The second-order valence-electron chi connectivity index (χ2n) is 16.0. The van der Waals surface area contributed by atoms with Gasteiger partial charge in [-0.1, -0.05) is 136 Å². The van der Waals surface area contributed by atoms with E-state index >= 15 is 0 Å². The predicted molar refractivity (Wildman–Crippen MR) is 241 cm³/mol. The number of nitriles is 1. The number of para-hydroxylation sites is 1. The number of benzene rings is 8. The number of fused-ring (bicyclic) bond motifs is 6. The second kappa shape index (κ2) is 13.5. The van der Waals surface area contributed by atoms with Crippen LogP contribution in [0, 0.1) is 17.9 Å². The third kappa shape index (κ3) is 5.66. The van der Waals surface area contributed by atoms with Gasteiger partial charge in [-0.25, -0.2) is 4.85 Å². The molecule has 10 rings (SSSR count). The van der Waals surface area contributed by atoms with Crippen molar-refractivity contribution >= 4 is 49.3 Å². The SMILES string of the molecule is [C-]#[N+]c1cc(-c2ccc3c4ccc(-c5ccccc5)cc4n(-c4ccccc4)c3c2)cc(C#N)c1-n1c2ccc(-c3ccccc3)cc2c2cc(C(C)(C)C)ccc21. The first-order chi connectivity index (χ1) is 28.3. The van der Waals surface area contributed by atoms with Crippen molar-refractivity contribution in [2.24, 2.45) is 0 Å². The Balaban J connectivity index is 1.19. The maximum absolute atomic E-state index is 10.9. The Morgan fingerprint density at radius 1 is 0.466 bits per heavy atom. The lowest BCUT2D eigenvalue weighted by Crippen LogP contribution is -2.10. The van der Waals surface area contributed by atoms with E-state index in [1.807, 2.05) is 30.3 Å².